The van der Waals surface area contributed by atoms with E-state index in [1.165, 1.54) is 5.56 Å². The maximum absolute atomic E-state index is 4.31. The molecule has 4 heteroatoms. The lowest BCUT2D eigenvalue weighted by Crippen LogP contribution is -2.17. The van der Waals surface area contributed by atoms with Crippen LogP contribution in [0.5, 0.6) is 0 Å². The molecule has 0 spiro atoms. The summed E-state index contributed by atoms with van der Waals surface area (Å²) in [6.07, 6.45) is 9.71. The van der Waals surface area contributed by atoms with E-state index >= 15 is 0 Å². The van der Waals surface area contributed by atoms with Crippen molar-refractivity contribution in [1.82, 2.24) is 14.8 Å². The summed E-state index contributed by atoms with van der Waals surface area (Å²) in [6.45, 7) is 5.30. The van der Waals surface area contributed by atoms with Gasteiger partial charge in [-0.05, 0) is 37.5 Å². The van der Waals surface area contributed by atoms with Gasteiger partial charge in [0.15, 0.2) is 0 Å². The van der Waals surface area contributed by atoms with Crippen molar-refractivity contribution in [2.24, 2.45) is 0 Å². The summed E-state index contributed by atoms with van der Waals surface area (Å²) in [4.78, 5) is 4.03. The zero-order chi connectivity index (χ0) is 12.8. The van der Waals surface area contributed by atoms with Crippen LogP contribution in [0.3, 0.4) is 0 Å². The number of aromatic nitrogens is 3. The highest BCUT2D eigenvalue weighted by molar-refractivity contribution is 5.39. The fourth-order valence-electron chi connectivity index (χ4n) is 2.00. The molecule has 0 aliphatic rings. The van der Waals surface area contributed by atoms with Crippen LogP contribution in [0.25, 0.3) is 0 Å². The minimum Gasteiger partial charge on any atom is -0.380 e. The van der Waals surface area contributed by atoms with Crippen molar-refractivity contribution < 1.29 is 0 Å². The predicted molar refractivity (Wildman–Crippen MR) is 73.5 cm³/mol. The second kappa shape index (κ2) is 6.19. The van der Waals surface area contributed by atoms with Crippen LogP contribution in [0.4, 0.5) is 5.69 Å². The SMILES string of the molecule is CCCn1cc(N[C@@H](C)Cc2ccncc2)cn1. The molecule has 0 fully saturated rings. The lowest BCUT2D eigenvalue weighted by Gasteiger charge is -2.13. The second-order valence-corrected chi connectivity index (χ2v) is 4.60. The largest absolute Gasteiger partial charge is 0.380 e. The number of hydrogen-bond acceptors (Lipinski definition) is 3. The lowest BCUT2D eigenvalue weighted by atomic mass is 10.1. The van der Waals surface area contributed by atoms with E-state index in [1.807, 2.05) is 23.3 Å². The summed E-state index contributed by atoms with van der Waals surface area (Å²) in [5.41, 5.74) is 2.39. The van der Waals surface area contributed by atoms with Crippen LogP contribution in [-0.2, 0) is 13.0 Å². The number of nitrogens with zero attached hydrogens (tertiary/aromatic N) is 3. The van der Waals surface area contributed by atoms with Crippen molar-refractivity contribution in [2.45, 2.75) is 39.3 Å². The molecule has 1 N–H and O–H groups in total. The van der Waals surface area contributed by atoms with Gasteiger partial charge in [0.1, 0.15) is 0 Å². The van der Waals surface area contributed by atoms with Crippen LogP contribution >= 0.6 is 0 Å². The quantitative estimate of drug-likeness (QED) is 0.849. The fraction of sp³-hybridized carbons (Fsp3) is 0.429. The third-order valence-corrected chi connectivity index (χ3v) is 2.79. The molecule has 2 aromatic rings. The van der Waals surface area contributed by atoms with Gasteiger partial charge in [0.2, 0.25) is 0 Å². The molecule has 0 amide bonds. The molecule has 0 radical (unpaired) electrons. The van der Waals surface area contributed by atoms with Gasteiger partial charge in [0.25, 0.3) is 0 Å². The molecule has 1 atom stereocenters. The van der Waals surface area contributed by atoms with E-state index in [9.17, 15) is 0 Å². The summed E-state index contributed by atoms with van der Waals surface area (Å²) in [5.74, 6) is 0. The molecule has 2 heterocycles. The van der Waals surface area contributed by atoms with E-state index in [0.29, 0.717) is 6.04 Å². The Balaban J connectivity index is 1.88. The molecule has 18 heavy (non-hydrogen) atoms. The highest BCUT2D eigenvalue weighted by Crippen LogP contribution is 2.10. The Morgan fingerprint density at radius 2 is 2.11 bits per heavy atom. The first-order valence-corrected chi connectivity index (χ1v) is 6.46. The maximum Gasteiger partial charge on any atom is 0.0728 e. The Bertz CT molecular complexity index is 464. The van der Waals surface area contributed by atoms with Crippen molar-refractivity contribution in [2.75, 3.05) is 5.32 Å². The van der Waals surface area contributed by atoms with Crippen LogP contribution in [0, 0.1) is 0 Å². The van der Waals surface area contributed by atoms with Gasteiger partial charge in [-0.3, -0.25) is 9.67 Å². The van der Waals surface area contributed by atoms with Crippen LogP contribution in [0.1, 0.15) is 25.8 Å². The summed E-state index contributed by atoms with van der Waals surface area (Å²) in [6, 6.07) is 4.49. The van der Waals surface area contributed by atoms with Crippen molar-refractivity contribution in [3.8, 4) is 0 Å². The Labute approximate surface area is 108 Å². The molecule has 2 rings (SSSR count). The van der Waals surface area contributed by atoms with Gasteiger partial charge in [0.05, 0.1) is 11.9 Å². The zero-order valence-electron chi connectivity index (χ0n) is 11.0. The number of pyridine rings is 1. The molecule has 0 saturated heterocycles. The monoisotopic (exact) mass is 244 g/mol. The average Bonchev–Trinajstić information content (AvgIpc) is 2.78. The lowest BCUT2D eigenvalue weighted by molar-refractivity contribution is 0.603. The first-order chi connectivity index (χ1) is 8.78. The van der Waals surface area contributed by atoms with E-state index < -0.39 is 0 Å². The van der Waals surface area contributed by atoms with Gasteiger partial charge >= 0.3 is 0 Å². The third kappa shape index (κ3) is 3.58. The summed E-state index contributed by atoms with van der Waals surface area (Å²) >= 11 is 0. The predicted octanol–water partition coefficient (Wildman–Crippen LogP) is 2.73. The molecule has 0 saturated carbocycles. The molecule has 0 aliphatic heterocycles. The summed E-state index contributed by atoms with van der Waals surface area (Å²) in [5, 5.41) is 7.78. The Kier molecular flexibility index (Phi) is 4.34. The molecule has 0 unspecified atom stereocenters. The second-order valence-electron chi connectivity index (χ2n) is 4.60. The average molecular weight is 244 g/mol. The van der Waals surface area contributed by atoms with Crippen LogP contribution in [-0.4, -0.2) is 20.8 Å². The molecule has 0 aliphatic carbocycles. The normalized spacial score (nSPS) is 12.3. The zero-order valence-corrected chi connectivity index (χ0v) is 11.0. The van der Waals surface area contributed by atoms with Crippen molar-refractivity contribution >= 4 is 5.69 Å². The third-order valence-electron chi connectivity index (χ3n) is 2.79. The minimum absolute atomic E-state index is 0.381. The highest BCUT2D eigenvalue weighted by atomic mass is 15.3. The maximum atomic E-state index is 4.31. The van der Waals surface area contributed by atoms with Gasteiger partial charge in [-0.15, -0.1) is 0 Å². The van der Waals surface area contributed by atoms with Crippen molar-refractivity contribution in [3.63, 3.8) is 0 Å². The van der Waals surface area contributed by atoms with Gasteiger partial charge in [-0.1, -0.05) is 6.92 Å². The molecule has 96 valence electrons. The topological polar surface area (TPSA) is 42.7 Å². The molecule has 2 aromatic heterocycles. The summed E-state index contributed by atoms with van der Waals surface area (Å²) < 4.78 is 1.97. The molecule has 4 nitrogen and oxygen atoms in total. The van der Waals surface area contributed by atoms with Gasteiger partial charge in [0, 0.05) is 31.2 Å². The standard InChI is InChI=1S/C14H20N4/c1-3-8-18-11-14(10-16-18)17-12(2)9-13-4-6-15-7-5-13/h4-7,10-12,17H,3,8-9H2,1-2H3/t12-/m0/s1. The number of anilines is 1. The molecular weight excluding hydrogens is 224 g/mol. The Morgan fingerprint density at radius 3 is 2.83 bits per heavy atom. The van der Waals surface area contributed by atoms with Crippen LogP contribution in [0.2, 0.25) is 0 Å². The van der Waals surface area contributed by atoms with Crippen molar-refractivity contribution in [1.29, 1.82) is 0 Å². The smallest absolute Gasteiger partial charge is 0.0728 e. The molecule has 0 bridgehead atoms. The minimum atomic E-state index is 0.381. The number of rotatable bonds is 6. The Morgan fingerprint density at radius 1 is 1.33 bits per heavy atom. The van der Waals surface area contributed by atoms with E-state index in [-0.39, 0.29) is 0 Å². The van der Waals surface area contributed by atoms with Crippen LogP contribution < -0.4 is 5.32 Å². The molecule has 0 aromatic carbocycles. The van der Waals surface area contributed by atoms with Gasteiger partial charge in [-0.2, -0.15) is 5.10 Å². The van der Waals surface area contributed by atoms with Gasteiger partial charge < -0.3 is 5.32 Å². The number of nitrogens with one attached hydrogen (secondary N) is 1. The molecular formula is C14H20N4. The van der Waals surface area contributed by atoms with E-state index in [0.717, 1.165) is 25.1 Å². The first-order valence-electron chi connectivity index (χ1n) is 6.46. The Hall–Kier alpha value is -1.84. The fourth-order valence-corrected chi connectivity index (χ4v) is 2.00. The van der Waals surface area contributed by atoms with E-state index in [4.69, 9.17) is 0 Å². The van der Waals surface area contributed by atoms with E-state index in [1.54, 1.807) is 0 Å². The number of hydrogen-bond donors (Lipinski definition) is 1. The highest BCUT2D eigenvalue weighted by Gasteiger charge is 2.05. The van der Waals surface area contributed by atoms with Gasteiger partial charge in [-0.25, -0.2) is 0 Å². The number of aryl methyl sites for hydroxylation is 1. The van der Waals surface area contributed by atoms with E-state index in [2.05, 4.69) is 47.6 Å². The van der Waals surface area contributed by atoms with Crippen LogP contribution in [0.15, 0.2) is 36.9 Å². The van der Waals surface area contributed by atoms with Crippen molar-refractivity contribution in [3.05, 3.63) is 42.5 Å². The first kappa shape index (κ1) is 12.6. The summed E-state index contributed by atoms with van der Waals surface area (Å²) in [7, 11) is 0.